The number of ether oxygens (including phenoxy) is 1. The maximum absolute atomic E-state index is 13.2. The minimum absolute atomic E-state index is 0.0477. The summed E-state index contributed by atoms with van der Waals surface area (Å²) in [7, 11) is 3.22. The summed E-state index contributed by atoms with van der Waals surface area (Å²) in [6, 6.07) is 3.39. The lowest BCUT2D eigenvalue weighted by molar-refractivity contribution is -0.129. The molecule has 0 bridgehead atoms. The van der Waals surface area contributed by atoms with Gasteiger partial charge in [0.05, 0.1) is 6.42 Å². The molecule has 1 aromatic heterocycles. The van der Waals surface area contributed by atoms with E-state index in [1.165, 1.54) is 16.3 Å². The molecule has 0 radical (unpaired) electrons. The second kappa shape index (κ2) is 7.28. The molecule has 8 heteroatoms. The van der Waals surface area contributed by atoms with E-state index in [1.807, 2.05) is 0 Å². The normalized spacial score (nSPS) is 10.4. The van der Waals surface area contributed by atoms with Crippen molar-refractivity contribution in [1.82, 2.24) is 9.88 Å². The van der Waals surface area contributed by atoms with Crippen LogP contribution in [-0.4, -0.2) is 42.5 Å². The molecule has 1 heterocycles. The molecule has 1 amide bonds. The zero-order valence-electron chi connectivity index (χ0n) is 12.5. The maximum atomic E-state index is 13.2. The summed E-state index contributed by atoms with van der Waals surface area (Å²) in [5, 5.41) is 1.84. The van der Waals surface area contributed by atoms with E-state index in [9.17, 15) is 18.4 Å². The molecule has 0 atom stereocenters. The van der Waals surface area contributed by atoms with Crippen LogP contribution in [0.5, 0.6) is 0 Å². The average Bonchev–Trinajstić information content (AvgIpc) is 2.99. The molecular weight excluding hydrogens is 326 g/mol. The van der Waals surface area contributed by atoms with E-state index in [0.29, 0.717) is 10.6 Å². The molecule has 0 fully saturated rings. The van der Waals surface area contributed by atoms with Crippen LogP contribution < -0.4 is 0 Å². The molecule has 0 aliphatic heterocycles. The van der Waals surface area contributed by atoms with Crippen molar-refractivity contribution in [1.29, 1.82) is 0 Å². The van der Waals surface area contributed by atoms with E-state index in [4.69, 9.17) is 4.74 Å². The van der Waals surface area contributed by atoms with Crippen molar-refractivity contribution in [2.45, 2.75) is 6.42 Å². The summed E-state index contributed by atoms with van der Waals surface area (Å²) in [4.78, 5) is 28.6. The van der Waals surface area contributed by atoms with E-state index in [2.05, 4.69) is 4.98 Å². The first-order chi connectivity index (χ1) is 10.9. The Kier molecular flexibility index (Phi) is 5.38. The van der Waals surface area contributed by atoms with Crippen molar-refractivity contribution < 1.29 is 23.1 Å². The van der Waals surface area contributed by atoms with Crippen LogP contribution in [-0.2, 0) is 9.53 Å². The Balaban J connectivity index is 1.99. The number of halogens is 2. The minimum atomic E-state index is -0.982. The number of aromatic nitrogens is 1. The molecule has 1 aromatic carbocycles. The van der Waals surface area contributed by atoms with Crippen LogP contribution in [0.15, 0.2) is 23.6 Å². The zero-order valence-corrected chi connectivity index (χ0v) is 13.3. The summed E-state index contributed by atoms with van der Waals surface area (Å²) < 4.78 is 31.1. The highest BCUT2D eigenvalue weighted by atomic mass is 32.1. The summed E-state index contributed by atoms with van der Waals surface area (Å²) in [6.45, 7) is -0.0477. The van der Waals surface area contributed by atoms with Gasteiger partial charge in [-0.2, -0.15) is 0 Å². The number of thiazole rings is 1. The highest BCUT2D eigenvalue weighted by Crippen LogP contribution is 2.25. The van der Waals surface area contributed by atoms with Crippen LogP contribution in [0.1, 0.15) is 16.9 Å². The van der Waals surface area contributed by atoms with Crippen LogP contribution in [0.3, 0.4) is 0 Å². The topological polar surface area (TPSA) is 59.5 Å². The Morgan fingerprint density at radius 3 is 2.65 bits per heavy atom. The van der Waals surface area contributed by atoms with Gasteiger partial charge >= 0.3 is 5.97 Å². The molecular formula is C15H14F2N2O3S. The Hall–Kier alpha value is -2.35. The number of hydrogen-bond donors (Lipinski definition) is 0. The predicted molar refractivity (Wildman–Crippen MR) is 81.1 cm³/mol. The van der Waals surface area contributed by atoms with Gasteiger partial charge in [-0.15, -0.1) is 11.3 Å². The Morgan fingerprint density at radius 2 is 2.00 bits per heavy atom. The number of esters is 1. The quantitative estimate of drug-likeness (QED) is 0.785. The van der Waals surface area contributed by atoms with Crippen LogP contribution in [0.25, 0.3) is 10.6 Å². The molecule has 122 valence electrons. The van der Waals surface area contributed by atoms with Gasteiger partial charge in [0.25, 0.3) is 0 Å². The second-order valence-electron chi connectivity index (χ2n) is 4.84. The third-order valence-corrected chi connectivity index (χ3v) is 3.82. The van der Waals surface area contributed by atoms with E-state index in [1.54, 1.807) is 14.1 Å². The standard InChI is InChI=1S/C15H14F2N2O3S/c1-19(2)13(20)5-6-22-15(21)12-8-23-14(18-12)9-3-4-10(16)11(17)7-9/h3-4,7-8H,5-6H2,1-2H3. The first-order valence-electron chi connectivity index (χ1n) is 6.66. The van der Waals surface area contributed by atoms with E-state index in [-0.39, 0.29) is 24.6 Å². The molecule has 2 aromatic rings. The van der Waals surface area contributed by atoms with Gasteiger partial charge in [-0.3, -0.25) is 4.79 Å². The van der Waals surface area contributed by atoms with Gasteiger partial charge in [-0.05, 0) is 18.2 Å². The molecule has 0 unspecified atom stereocenters. The van der Waals surface area contributed by atoms with E-state index >= 15 is 0 Å². The highest BCUT2D eigenvalue weighted by molar-refractivity contribution is 7.13. The van der Waals surface area contributed by atoms with Gasteiger partial charge in [-0.1, -0.05) is 0 Å². The molecule has 0 aliphatic carbocycles. The van der Waals surface area contributed by atoms with Crippen molar-refractivity contribution in [3.8, 4) is 10.6 Å². The van der Waals surface area contributed by atoms with Crippen molar-refractivity contribution >= 4 is 23.2 Å². The predicted octanol–water partition coefficient (Wildman–Crippen LogP) is 2.72. The number of hydrogen-bond acceptors (Lipinski definition) is 5. The van der Waals surface area contributed by atoms with Crippen molar-refractivity contribution in [2.24, 2.45) is 0 Å². The smallest absolute Gasteiger partial charge is 0.357 e. The first kappa shape index (κ1) is 17.0. The third-order valence-electron chi connectivity index (χ3n) is 2.93. The second-order valence-corrected chi connectivity index (χ2v) is 5.70. The number of rotatable bonds is 5. The van der Waals surface area contributed by atoms with E-state index < -0.39 is 17.6 Å². The van der Waals surface area contributed by atoms with Crippen LogP contribution in [0.2, 0.25) is 0 Å². The molecule has 0 saturated heterocycles. The molecule has 5 nitrogen and oxygen atoms in total. The zero-order chi connectivity index (χ0) is 17.0. The summed E-state index contributed by atoms with van der Waals surface area (Å²) in [5.74, 6) is -2.75. The Labute approximate surface area is 135 Å². The average molecular weight is 340 g/mol. The summed E-state index contributed by atoms with van der Waals surface area (Å²) in [5.41, 5.74) is 0.433. The number of nitrogens with zero attached hydrogens (tertiary/aromatic N) is 2. The largest absolute Gasteiger partial charge is 0.460 e. The fraction of sp³-hybridized carbons (Fsp3) is 0.267. The fourth-order valence-corrected chi connectivity index (χ4v) is 2.44. The summed E-state index contributed by atoms with van der Waals surface area (Å²) in [6.07, 6.45) is 0.0822. The van der Waals surface area contributed by atoms with Crippen LogP contribution in [0.4, 0.5) is 8.78 Å². The number of carbonyl (C=O) groups is 2. The molecule has 0 aliphatic rings. The first-order valence-corrected chi connectivity index (χ1v) is 7.54. The van der Waals surface area contributed by atoms with Gasteiger partial charge < -0.3 is 9.64 Å². The Morgan fingerprint density at radius 1 is 1.26 bits per heavy atom. The van der Waals surface area contributed by atoms with Gasteiger partial charge in [0.1, 0.15) is 11.6 Å². The van der Waals surface area contributed by atoms with Crippen molar-refractivity contribution in [3.63, 3.8) is 0 Å². The summed E-state index contributed by atoms with van der Waals surface area (Å²) >= 11 is 1.11. The number of benzene rings is 1. The minimum Gasteiger partial charge on any atom is -0.460 e. The molecule has 0 saturated carbocycles. The van der Waals surface area contributed by atoms with Crippen LogP contribution >= 0.6 is 11.3 Å². The molecule has 0 spiro atoms. The van der Waals surface area contributed by atoms with E-state index in [0.717, 1.165) is 23.5 Å². The van der Waals surface area contributed by atoms with Crippen molar-refractivity contribution in [2.75, 3.05) is 20.7 Å². The highest BCUT2D eigenvalue weighted by Gasteiger charge is 2.15. The molecule has 0 N–H and O–H groups in total. The van der Waals surface area contributed by atoms with Crippen molar-refractivity contribution in [3.05, 3.63) is 40.9 Å². The van der Waals surface area contributed by atoms with Gasteiger partial charge in [-0.25, -0.2) is 18.6 Å². The SMILES string of the molecule is CN(C)C(=O)CCOC(=O)c1csc(-c2ccc(F)c(F)c2)n1. The third kappa shape index (κ3) is 4.32. The lowest BCUT2D eigenvalue weighted by atomic mass is 10.2. The van der Waals surface area contributed by atoms with Gasteiger partial charge in [0, 0.05) is 25.0 Å². The van der Waals surface area contributed by atoms with Crippen LogP contribution in [0, 0.1) is 11.6 Å². The lowest BCUT2D eigenvalue weighted by Gasteiger charge is -2.09. The van der Waals surface area contributed by atoms with Gasteiger partial charge in [0.15, 0.2) is 17.3 Å². The number of carbonyl (C=O) groups excluding carboxylic acids is 2. The Bertz CT molecular complexity index is 731. The molecule has 23 heavy (non-hydrogen) atoms. The van der Waals surface area contributed by atoms with Gasteiger partial charge in [0.2, 0.25) is 5.91 Å². The number of amides is 1. The lowest BCUT2D eigenvalue weighted by Crippen LogP contribution is -2.23. The monoisotopic (exact) mass is 340 g/mol. The fourth-order valence-electron chi connectivity index (χ4n) is 1.66. The molecule has 2 rings (SSSR count). The maximum Gasteiger partial charge on any atom is 0.357 e.